The van der Waals surface area contributed by atoms with E-state index >= 15 is 0 Å². The van der Waals surface area contributed by atoms with Gasteiger partial charge in [0, 0.05) is 25.2 Å². The lowest BCUT2D eigenvalue weighted by molar-refractivity contribution is -0.138. The predicted octanol–water partition coefficient (Wildman–Crippen LogP) is 3.30. The van der Waals surface area contributed by atoms with E-state index in [0.29, 0.717) is 12.1 Å². The summed E-state index contributed by atoms with van der Waals surface area (Å²) in [5.41, 5.74) is 1.16. The Labute approximate surface area is 152 Å². The lowest BCUT2D eigenvalue weighted by Gasteiger charge is -2.27. The average Bonchev–Trinajstić information content (AvgIpc) is 2.80. The zero-order valence-corrected chi connectivity index (χ0v) is 16.0. The summed E-state index contributed by atoms with van der Waals surface area (Å²) in [7, 11) is 0. The molecule has 2 saturated heterocycles. The zero-order chi connectivity index (χ0) is 15.7. The summed E-state index contributed by atoms with van der Waals surface area (Å²) in [6.45, 7) is 5.50. The molecule has 2 bridgehead atoms. The maximum atomic E-state index is 12.7. The Kier molecular flexibility index (Phi) is 6.34. The van der Waals surface area contributed by atoms with Gasteiger partial charge in [0.15, 0.2) is 6.10 Å². The predicted molar refractivity (Wildman–Crippen MR) is 97.4 cm³/mol. The highest BCUT2D eigenvalue weighted by Crippen LogP contribution is 2.27. The van der Waals surface area contributed by atoms with Crippen molar-refractivity contribution in [3.8, 4) is 5.75 Å². The van der Waals surface area contributed by atoms with Crippen molar-refractivity contribution >= 4 is 34.2 Å². The molecule has 2 heterocycles. The van der Waals surface area contributed by atoms with Crippen molar-refractivity contribution in [2.24, 2.45) is 0 Å². The molecule has 2 aliphatic rings. The number of nitrogens with one attached hydrogen (secondary N) is 1. The molecule has 2 fully saturated rings. The first-order valence-corrected chi connectivity index (χ1v) is 8.80. The summed E-state index contributed by atoms with van der Waals surface area (Å²) < 4.78 is 6.77. The molecule has 0 spiro atoms. The number of ether oxygens (including phenoxy) is 1. The number of hydrogen-bond acceptors (Lipinski definition) is 3. The SMILES string of the molecule is Cc1ccc(OC(C)C(=O)N2CCC3CCC(C2)N3)c(Br)c1.Cl. The molecule has 0 aromatic heterocycles. The van der Waals surface area contributed by atoms with Gasteiger partial charge in [-0.15, -0.1) is 12.4 Å². The van der Waals surface area contributed by atoms with Gasteiger partial charge in [0.2, 0.25) is 0 Å². The molecular weight excluding hydrogens is 380 g/mol. The van der Waals surface area contributed by atoms with Crippen molar-refractivity contribution in [1.82, 2.24) is 10.2 Å². The van der Waals surface area contributed by atoms with Crippen LogP contribution in [0.2, 0.25) is 0 Å². The van der Waals surface area contributed by atoms with Crippen LogP contribution in [0.5, 0.6) is 5.75 Å². The van der Waals surface area contributed by atoms with Crippen molar-refractivity contribution < 1.29 is 9.53 Å². The number of amides is 1. The molecule has 0 radical (unpaired) electrons. The molecule has 0 aliphatic carbocycles. The number of likely N-dealkylation sites (tertiary alicyclic amines) is 1. The number of halogens is 2. The van der Waals surface area contributed by atoms with Crippen LogP contribution in [0.3, 0.4) is 0 Å². The summed E-state index contributed by atoms with van der Waals surface area (Å²) in [6, 6.07) is 6.95. The van der Waals surface area contributed by atoms with Crippen LogP contribution in [0.25, 0.3) is 0 Å². The number of nitrogens with zero attached hydrogens (tertiary/aromatic N) is 1. The summed E-state index contributed by atoms with van der Waals surface area (Å²) >= 11 is 3.50. The van der Waals surface area contributed by atoms with Gasteiger partial charge in [0.25, 0.3) is 5.91 Å². The highest BCUT2D eigenvalue weighted by Gasteiger charge is 2.33. The van der Waals surface area contributed by atoms with Gasteiger partial charge < -0.3 is 15.0 Å². The molecule has 23 heavy (non-hydrogen) atoms. The summed E-state index contributed by atoms with van der Waals surface area (Å²) in [4.78, 5) is 14.6. The van der Waals surface area contributed by atoms with Gasteiger partial charge >= 0.3 is 0 Å². The van der Waals surface area contributed by atoms with Gasteiger partial charge in [-0.25, -0.2) is 0 Å². The Balaban J connectivity index is 0.00000192. The third-order valence-electron chi connectivity index (χ3n) is 4.57. The molecule has 128 valence electrons. The van der Waals surface area contributed by atoms with Crippen LogP contribution in [-0.2, 0) is 4.79 Å². The Hall–Kier alpha value is -0.780. The second-order valence-electron chi connectivity index (χ2n) is 6.40. The van der Waals surface area contributed by atoms with Crippen LogP contribution in [0, 0.1) is 6.92 Å². The van der Waals surface area contributed by atoms with E-state index in [2.05, 4.69) is 21.2 Å². The minimum absolute atomic E-state index is 0. The van der Waals surface area contributed by atoms with E-state index in [9.17, 15) is 4.79 Å². The van der Waals surface area contributed by atoms with E-state index in [1.165, 1.54) is 12.8 Å². The number of fused-ring (bicyclic) bond motifs is 2. The van der Waals surface area contributed by atoms with Crippen LogP contribution in [0.15, 0.2) is 22.7 Å². The van der Waals surface area contributed by atoms with E-state index in [4.69, 9.17) is 4.74 Å². The lowest BCUT2D eigenvalue weighted by Crippen LogP contribution is -2.44. The molecule has 4 nitrogen and oxygen atoms in total. The highest BCUT2D eigenvalue weighted by molar-refractivity contribution is 9.10. The summed E-state index contributed by atoms with van der Waals surface area (Å²) in [5.74, 6) is 0.808. The van der Waals surface area contributed by atoms with Crippen LogP contribution in [0.1, 0.15) is 31.7 Å². The minimum Gasteiger partial charge on any atom is -0.480 e. The zero-order valence-electron chi connectivity index (χ0n) is 13.5. The number of carbonyl (C=O) groups is 1. The largest absolute Gasteiger partial charge is 0.480 e. The molecule has 3 atom stereocenters. The van der Waals surface area contributed by atoms with Gasteiger partial charge in [0.1, 0.15) is 5.75 Å². The second kappa shape index (κ2) is 7.86. The number of hydrogen-bond donors (Lipinski definition) is 1. The molecule has 0 saturated carbocycles. The third kappa shape index (κ3) is 4.40. The number of aryl methyl sites for hydroxylation is 1. The summed E-state index contributed by atoms with van der Waals surface area (Å²) in [5, 5.41) is 3.60. The van der Waals surface area contributed by atoms with Crippen LogP contribution in [0.4, 0.5) is 0 Å². The van der Waals surface area contributed by atoms with Crippen LogP contribution in [-0.4, -0.2) is 42.1 Å². The summed E-state index contributed by atoms with van der Waals surface area (Å²) in [6.07, 6.45) is 3.00. The molecular formula is C17H24BrClN2O2. The monoisotopic (exact) mass is 402 g/mol. The van der Waals surface area contributed by atoms with Gasteiger partial charge in [-0.05, 0) is 66.7 Å². The number of carbonyl (C=O) groups excluding carboxylic acids is 1. The fourth-order valence-corrected chi connectivity index (χ4v) is 3.93. The molecule has 1 amide bonds. The van der Waals surface area contributed by atoms with Crippen molar-refractivity contribution in [1.29, 1.82) is 0 Å². The Morgan fingerprint density at radius 1 is 1.35 bits per heavy atom. The highest BCUT2D eigenvalue weighted by atomic mass is 79.9. The first-order valence-electron chi connectivity index (χ1n) is 8.00. The molecule has 1 aromatic rings. The lowest BCUT2D eigenvalue weighted by atomic mass is 10.1. The Morgan fingerprint density at radius 3 is 2.83 bits per heavy atom. The first-order chi connectivity index (χ1) is 10.5. The van der Waals surface area contributed by atoms with Crippen LogP contribution >= 0.6 is 28.3 Å². The van der Waals surface area contributed by atoms with E-state index < -0.39 is 6.10 Å². The van der Waals surface area contributed by atoms with E-state index in [1.54, 1.807) is 0 Å². The van der Waals surface area contributed by atoms with Gasteiger partial charge in [0.05, 0.1) is 4.47 Å². The molecule has 2 aliphatic heterocycles. The maximum absolute atomic E-state index is 12.7. The third-order valence-corrected chi connectivity index (χ3v) is 5.19. The van der Waals surface area contributed by atoms with Gasteiger partial charge in [-0.3, -0.25) is 4.79 Å². The minimum atomic E-state index is -0.462. The van der Waals surface area contributed by atoms with Gasteiger partial charge in [-0.2, -0.15) is 0 Å². The second-order valence-corrected chi connectivity index (χ2v) is 7.26. The quantitative estimate of drug-likeness (QED) is 0.842. The van der Waals surface area contributed by atoms with Gasteiger partial charge in [-0.1, -0.05) is 6.07 Å². The van der Waals surface area contributed by atoms with Crippen LogP contribution < -0.4 is 10.1 Å². The van der Waals surface area contributed by atoms with E-state index in [-0.39, 0.29) is 18.3 Å². The van der Waals surface area contributed by atoms with Crippen molar-refractivity contribution in [2.75, 3.05) is 13.1 Å². The average molecular weight is 404 g/mol. The number of benzene rings is 1. The fraction of sp³-hybridized carbons (Fsp3) is 0.588. The molecule has 3 rings (SSSR count). The number of rotatable bonds is 3. The van der Waals surface area contributed by atoms with E-state index in [1.807, 2.05) is 36.9 Å². The molecule has 1 N–H and O–H groups in total. The molecule has 6 heteroatoms. The Morgan fingerprint density at radius 2 is 2.09 bits per heavy atom. The topological polar surface area (TPSA) is 41.6 Å². The van der Waals surface area contributed by atoms with Crippen molar-refractivity contribution in [3.05, 3.63) is 28.2 Å². The maximum Gasteiger partial charge on any atom is 0.263 e. The molecule has 3 unspecified atom stereocenters. The normalized spacial score (nSPS) is 24.6. The first kappa shape index (κ1) is 18.6. The molecule has 1 aromatic carbocycles. The fourth-order valence-electron chi connectivity index (χ4n) is 3.34. The smallest absolute Gasteiger partial charge is 0.263 e. The van der Waals surface area contributed by atoms with E-state index in [0.717, 1.165) is 35.3 Å². The Bertz CT molecular complexity index is 570. The van der Waals surface area contributed by atoms with Crippen molar-refractivity contribution in [2.45, 2.75) is 51.3 Å². The van der Waals surface area contributed by atoms with Crippen molar-refractivity contribution in [3.63, 3.8) is 0 Å². The standard InChI is InChI=1S/C17H23BrN2O2.ClH/c1-11-3-6-16(15(18)9-11)22-12(2)17(21)20-8-7-13-4-5-14(10-20)19-13;/h3,6,9,12-14,19H,4-5,7-8,10H2,1-2H3;1H.